The molecule has 4 N–H and O–H groups in total. The van der Waals surface area contributed by atoms with E-state index >= 15 is 0 Å². The summed E-state index contributed by atoms with van der Waals surface area (Å²) in [6.07, 6.45) is 1.91. The van der Waals surface area contributed by atoms with Gasteiger partial charge in [0.25, 0.3) is 5.91 Å². The number of nitrogens with one attached hydrogen (secondary N) is 1. The number of rotatable bonds is 4. The van der Waals surface area contributed by atoms with E-state index in [1.165, 1.54) is 0 Å². The Hall–Kier alpha value is -1.43. The van der Waals surface area contributed by atoms with Crippen LogP contribution in [0.5, 0.6) is 0 Å². The number of nitrogens with two attached hydrogens (primary N) is 1. The van der Waals surface area contributed by atoms with Crippen LogP contribution in [0.4, 0.5) is 0 Å². The van der Waals surface area contributed by atoms with Crippen molar-refractivity contribution in [1.29, 1.82) is 0 Å². The Bertz CT molecular complexity index is 396. The van der Waals surface area contributed by atoms with E-state index in [2.05, 4.69) is 5.43 Å². The predicted molar refractivity (Wildman–Crippen MR) is 68.3 cm³/mol. The number of aliphatic hydroxyl groups excluding tert-OH is 1. The number of hydrazine groups is 1. The maximum Gasteiger partial charge on any atom is 0.255 e. The molecule has 1 heterocycles. The number of aliphatic hydroxyl groups is 1. The van der Waals surface area contributed by atoms with Crippen LogP contribution in [0.2, 0.25) is 0 Å². The van der Waals surface area contributed by atoms with Gasteiger partial charge in [0.15, 0.2) is 0 Å². The van der Waals surface area contributed by atoms with E-state index in [0.717, 1.165) is 24.9 Å². The van der Waals surface area contributed by atoms with Crippen molar-refractivity contribution in [3.8, 4) is 0 Å². The molecule has 98 valence electrons. The molecule has 1 aromatic carbocycles. The highest BCUT2D eigenvalue weighted by Gasteiger charge is 2.35. The molecule has 2 rings (SSSR count). The molecule has 0 bridgehead atoms. The van der Waals surface area contributed by atoms with Crippen LogP contribution in [0, 0.1) is 0 Å². The molecule has 5 heteroatoms. The first kappa shape index (κ1) is 13.0. The number of benzene rings is 1. The molecular formula is C13H19N3O2. The fourth-order valence-electron chi connectivity index (χ4n) is 2.60. The van der Waals surface area contributed by atoms with Gasteiger partial charge in [-0.1, -0.05) is 30.3 Å². The second kappa shape index (κ2) is 5.95. The van der Waals surface area contributed by atoms with Crippen LogP contribution in [0.3, 0.4) is 0 Å². The molecule has 0 saturated carbocycles. The van der Waals surface area contributed by atoms with Crippen molar-refractivity contribution >= 4 is 5.91 Å². The van der Waals surface area contributed by atoms with Crippen molar-refractivity contribution in [3.05, 3.63) is 35.9 Å². The smallest absolute Gasteiger partial charge is 0.255 e. The van der Waals surface area contributed by atoms with Gasteiger partial charge in [-0.05, 0) is 24.9 Å². The van der Waals surface area contributed by atoms with Crippen LogP contribution in [-0.2, 0) is 4.79 Å². The van der Waals surface area contributed by atoms with Gasteiger partial charge >= 0.3 is 0 Å². The van der Waals surface area contributed by atoms with Gasteiger partial charge in [-0.3, -0.25) is 15.1 Å². The van der Waals surface area contributed by atoms with E-state index < -0.39 is 6.04 Å². The Morgan fingerprint density at radius 2 is 2.22 bits per heavy atom. The highest BCUT2D eigenvalue weighted by Crippen LogP contribution is 2.29. The lowest BCUT2D eigenvalue weighted by Crippen LogP contribution is -2.46. The molecule has 0 spiro atoms. The number of carbonyl (C=O) groups is 1. The zero-order valence-electron chi connectivity index (χ0n) is 10.2. The number of likely N-dealkylation sites (tertiary alicyclic amines) is 1. The van der Waals surface area contributed by atoms with Crippen molar-refractivity contribution in [3.63, 3.8) is 0 Å². The minimum Gasteiger partial charge on any atom is -0.395 e. The summed E-state index contributed by atoms with van der Waals surface area (Å²) in [5.41, 5.74) is 3.13. The van der Waals surface area contributed by atoms with Crippen molar-refractivity contribution in [2.75, 3.05) is 13.2 Å². The number of hydrogen-bond donors (Lipinski definition) is 3. The van der Waals surface area contributed by atoms with Gasteiger partial charge < -0.3 is 5.11 Å². The van der Waals surface area contributed by atoms with E-state index in [0.29, 0.717) is 0 Å². The molecular weight excluding hydrogens is 230 g/mol. The monoisotopic (exact) mass is 249 g/mol. The number of nitrogens with zero attached hydrogens (tertiary/aromatic N) is 1. The third kappa shape index (κ3) is 2.53. The molecule has 1 aliphatic heterocycles. The summed E-state index contributed by atoms with van der Waals surface area (Å²) in [4.78, 5) is 14.0. The number of amides is 1. The van der Waals surface area contributed by atoms with Gasteiger partial charge in [0, 0.05) is 6.04 Å². The topological polar surface area (TPSA) is 78.6 Å². The quantitative estimate of drug-likeness (QED) is 0.404. The third-order valence-electron chi connectivity index (χ3n) is 3.47. The van der Waals surface area contributed by atoms with Gasteiger partial charge in [0.05, 0.1) is 6.61 Å². The predicted octanol–water partition coefficient (Wildman–Crippen LogP) is 0.174. The van der Waals surface area contributed by atoms with Gasteiger partial charge in [0.2, 0.25) is 0 Å². The highest BCUT2D eigenvalue weighted by atomic mass is 16.3. The molecule has 1 saturated heterocycles. The Labute approximate surface area is 107 Å². The second-order valence-corrected chi connectivity index (χ2v) is 4.54. The van der Waals surface area contributed by atoms with E-state index in [1.807, 2.05) is 35.2 Å². The Morgan fingerprint density at radius 1 is 1.50 bits per heavy atom. The lowest BCUT2D eigenvalue weighted by Gasteiger charge is -2.31. The summed E-state index contributed by atoms with van der Waals surface area (Å²) in [6, 6.07) is 9.14. The van der Waals surface area contributed by atoms with Crippen LogP contribution in [0.15, 0.2) is 30.3 Å². The van der Waals surface area contributed by atoms with E-state index in [9.17, 15) is 9.90 Å². The maximum absolute atomic E-state index is 12.0. The number of carbonyl (C=O) groups excluding carboxylic acids is 1. The van der Waals surface area contributed by atoms with Crippen LogP contribution >= 0.6 is 0 Å². The summed E-state index contributed by atoms with van der Waals surface area (Å²) >= 11 is 0. The van der Waals surface area contributed by atoms with Crippen LogP contribution in [-0.4, -0.2) is 35.1 Å². The Balaban J connectivity index is 2.28. The first-order valence-electron chi connectivity index (χ1n) is 6.20. The Morgan fingerprint density at radius 3 is 2.83 bits per heavy atom. The molecule has 18 heavy (non-hydrogen) atoms. The minimum absolute atomic E-state index is 0.0347. The van der Waals surface area contributed by atoms with Gasteiger partial charge in [-0.25, -0.2) is 5.84 Å². The summed E-state index contributed by atoms with van der Waals surface area (Å²) < 4.78 is 0. The molecule has 0 aliphatic carbocycles. The fraction of sp³-hybridized carbons (Fsp3) is 0.462. The second-order valence-electron chi connectivity index (χ2n) is 4.54. The molecule has 2 atom stereocenters. The first-order chi connectivity index (χ1) is 8.77. The van der Waals surface area contributed by atoms with E-state index in [-0.39, 0.29) is 18.6 Å². The average molecular weight is 249 g/mol. The van der Waals surface area contributed by atoms with Gasteiger partial charge in [-0.15, -0.1) is 0 Å². The van der Waals surface area contributed by atoms with Crippen molar-refractivity contribution in [2.24, 2.45) is 5.84 Å². The van der Waals surface area contributed by atoms with Gasteiger partial charge in [0.1, 0.15) is 6.04 Å². The lowest BCUT2D eigenvalue weighted by atomic mass is 10.0. The van der Waals surface area contributed by atoms with Crippen molar-refractivity contribution in [1.82, 2.24) is 10.3 Å². The SMILES string of the molecule is NNC(=O)C(c1ccccc1)N1CCCC1CO. The third-order valence-corrected chi connectivity index (χ3v) is 3.47. The minimum atomic E-state index is -0.421. The van der Waals surface area contributed by atoms with Crippen LogP contribution in [0.25, 0.3) is 0 Å². The largest absolute Gasteiger partial charge is 0.395 e. The Kier molecular flexibility index (Phi) is 4.30. The average Bonchev–Trinajstić information content (AvgIpc) is 2.88. The molecule has 1 fully saturated rings. The molecule has 0 radical (unpaired) electrons. The summed E-state index contributed by atoms with van der Waals surface area (Å²) in [6.45, 7) is 0.874. The molecule has 1 aliphatic rings. The maximum atomic E-state index is 12.0. The van der Waals surface area contributed by atoms with Crippen LogP contribution in [0.1, 0.15) is 24.4 Å². The molecule has 5 nitrogen and oxygen atoms in total. The van der Waals surface area contributed by atoms with E-state index in [1.54, 1.807) is 0 Å². The molecule has 1 aromatic rings. The van der Waals surface area contributed by atoms with Crippen LogP contribution < -0.4 is 11.3 Å². The van der Waals surface area contributed by atoms with Crippen molar-refractivity contribution < 1.29 is 9.90 Å². The molecule has 1 amide bonds. The number of hydrogen-bond acceptors (Lipinski definition) is 4. The first-order valence-corrected chi connectivity index (χ1v) is 6.20. The molecule has 0 aromatic heterocycles. The van der Waals surface area contributed by atoms with Crippen molar-refractivity contribution in [2.45, 2.75) is 24.9 Å². The van der Waals surface area contributed by atoms with Gasteiger partial charge in [-0.2, -0.15) is 0 Å². The summed E-state index contributed by atoms with van der Waals surface area (Å²) in [5.74, 6) is 5.04. The fourth-order valence-corrected chi connectivity index (χ4v) is 2.60. The summed E-state index contributed by atoms with van der Waals surface area (Å²) in [5, 5.41) is 9.38. The zero-order chi connectivity index (χ0) is 13.0. The molecule has 2 unspecified atom stereocenters. The summed E-state index contributed by atoms with van der Waals surface area (Å²) in [7, 11) is 0. The van der Waals surface area contributed by atoms with E-state index in [4.69, 9.17) is 5.84 Å². The lowest BCUT2D eigenvalue weighted by molar-refractivity contribution is -0.127. The normalized spacial score (nSPS) is 21.8. The standard InChI is InChI=1S/C13H19N3O2/c14-15-13(18)12(10-5-2-1-3-6-10)16-8-4-7-11(16)9-17/h1-3,5-6,11-12,17H,4,7-9,14H2,(H,15,18). The highest BCUT2D eigenvalue weighted by molar-refractivity contribution is 5.82. The zero-order valence-corrected chi connectivity index (χ0v) is 10.2.